The van der Waals surface area contributed by atoms with Gasteiger partial charge in [-0.25, -0.2) is 0 Å². The lowest BCUT2D eigenvalue weighted by atomic mass is 9.94. The molecule has 1 saturated carbocycles. The molecule has 0 spiro atoms. The number of benzene rings is 1. The standard InChI is InChI=1S/C22H26N4O.ClH/c1-14(2)26-22(19(27)11-16-9-10-24-13-16)20(17-7-8-17)21(25-26)18-5-3-15(12-23)4-6-18;/h3-6,14,16-17,24H,7-11,13H2,1-2H3;1H/t16-;/m1./s1. The third-order valence-electron chi connectivity index (χ3n) is 5.61. The van der Waals surface area contributed by atoms with Gasteiger partial charge in [-0.15, -0.1) is 12.4 Å². The fourth-order valence-electron chi connectivity index (χ4n) is 4.02. The lowest BCUT2D eigenvalue weighted by molar-refractivity contribution is 0.0951. The smallest absolute Gasteiger partial charge is 0.181 e. The second-order valence-corrected chi connectivity index (χ2v) is 8.10. The van der Waals surface area contributed by atoms with E-state index in [1.165, 1.54) is 0 Å². The Morgan fingerprint density at radius 2 is 2.00 bits per heavy atom. The summed E-state index contributed by atoms with van der Waals surface area (Å²) in [5.41, 5.74) is 4.50. The quantitative estimate of drug-likeness (QED) is 0.728. The molecule has 0 unspecified atom stereocenters. The number of nitriles is 1. The SMILES string of the molecule is CC(C)n1nc(-c2ccc(C#N)cc2)c(C2CC2)c1C(=O)C[C@H]1CCNC1.Cl. The number of hydrogen-bond donors (Lipinski definition) is 1. The molecule has 2 aliphatic rings. The van der Waals surface area contributed by atoms with Gasteiger partial charge in [0.05, 0.1) is 17.3 Å². The normalized spacial score (nSPS) is 18.7. The van der Waals surface area contributed by atoms with Gasteiger partial charge in [0.25, 0.3) is 0 Å². The zero-order valence-electron chi connectivity index (χ0n) is 16.4. The van der Waals surface area contributed by atoms with Crippen LogP contribution in [0.5, 0.6) is 0 Å². The Morgan fingerprint density at radius 1 is 1.29 bits per heavy atom. The van der Waals surface area contributed by atoms with Crippen LogP contribution in [0.1, 0.15) is 73.1 Å². The number of halogens is 1. The molecule has 1 aromatic heterocycles. The minimum atomic E-state index is 0. The first-order chi connectivity index (χ1) is 13.1. The summed E-state index contributed by atoms with van der Waals surface area (Å²) in [4.78, 5) is 13.3. The van der Waals surface area contributed by atoms with Gasteiger partial charge in [0.2, 0.25) is 0 Å². The average molecular weight is 399 g/mol. The molecule has 0 radical (unpaired) electrons. The number of carbonyl (C=O) groups is 1. The van der Waals surface area contributed by atoms with Gasteiger partial charge in [0, 0.05) is 23.6 Å². The molecule has 2 heterocycles. The van der Waals surface area contributed by atoms with Crippen molar-refractivity contribution in [3.8, 4) is 17.3 Å². The summed E-state index contributed by atoms with van der Waals surface area (Å²) in [5, 5.41) is 17.3. The Hall–Kier alpha value is -2.16. The van der Waals surface area contributed by atoms with E-state index in [2.05, 4.69) is 25.2 Å². The molecule has 0 bridgehead atoms. The summed E-state index contributed by atoms with van der Waals surface area (Å²) in [6.07, 6.45) is 3.91. The van der Waals surface area contributed by atoms with Gasteiger partial charge in [-0.1, -0.05) is 12.1 Å². The molecular formula is C22H27ClN4O. The van der Waals surface area contributed by atoms with Gasteiger partial charge in [-0.3, -0.25) is 9.48 Å². The molecule has 1 aliphatic heterocycles. The predicted octanol–water partition coefficient (Wildman–Crippen LogP) is 4.48. The maximum absolute atomic E-state index is 13.3. The van der Waals surface area contributed by atoms with Crippen LogP contribution in [0, 0.1) is 17.2 Å². The summed E-state index contributed by atoms with van der Waals surface area (Å²) in [5.74, 6) is 1.09. The molecule has 1 N–H and O–H groups in total. The summed E-state index contributed by atoms with van der Waals surface area (Å²) >= 11 is 0. The number of carbonyl (C=O) groups excluding carboxylic acids is 1. The molecule has 1 aromatic carbocycles. The van der Waals surface area contributed by atoms with Crippen LogP contribution < -0.4 is 5.32 Å². The van der Waals surface area contributed by atoms with Crippen LogP contribution in [0.3, 0.4) is 0 Å². The highest BCUT2D eigenvalue weighted by Gasteiger charge is 2.36. The van der Waals surface area contributed by atoms with Crippen LogP contribution in [-0.4, -0.2) is 28.7 Å². The maximum atomic E-state index is 13.3. The van der Waals surface area contributed by atoms with Crippen molar-refractivity contribution in [1.82, 2.24) is 15.1 Å². The maximum Gasteiger partial charge on any atom is 0.181 e. The summed E-state index contributed by atoms with van der Waals surface area (Å²) < 4.78 is 1.94. The molecule has 2 aromatic rings. The number of nitrogens with zero attached hydrogens (tertiary/aromatic N) is 3. The van der Waals surface area contributed by atoms with Crippen molar-refractivity contribution in [2.75, 3.05) is 13.1 Å². The van der Waals surface area contributed by atoms with Gasteiger partial charge >= 0.3 is 0 Å². The first-order valence-electron chi connectivity index (χ1n) is 9.95. The molecular weight excluding hydrogens is 372 g/mol. The van der Waals surface area contributed by atoms with E-state index < -0.39 is 0 Å². The number of aromatic nitrogens is 2. The van der Waals surface area contributed by atoms with Crippen LogP contribution in [0.15, 0.2) is 24.3 Å². The van der Waals surface area contributed by atoms with E-state index in [1.54, 1.807) is 0 Å². The van der Waals surface area contributed by atoms with Crippen molar-refractivity contribution >= 4 is 18.2 Å². The summed E-state index contributed by atoms with van der Waals surface area (Å²) in [6.45, 7) is 6.11. The molecule has 1 aliphatic carbocycles. The number of Topliss-reactive ketones (excluding diaryl/α,β-unsaturated/α-hetero) is 1. The molecule has 2 fully saturated rings. The van der Waals surface area contributed by atoms with Crippen molar-refractivity contribution in [3.05, 3.63) is 41.1 Å². The van der Waals surface area contributed by atoms with Crippen LogP contribution in [0.4, 0.5) is 0 Å². The number of nitrogens with one attached hydrogen (secondary N) is 1. The molecule has 1 atom stereocenters. The van der Waals surface area contributed by atoms with Crippen molar-refractivity contribution < 1.29 is 4.79 Å². The summed E-state index contributed by atoms with van der Waals surface area (Å²) in [6, 6.07) is 9.85. The second kappa shape index (κ2) is 8.46. The minimum absolute atomic E-state index is 0. The van der Waals surface area contributed by atoms with E-state index in [9.17, 15) is 4.79 Å². The fraction of sp³-hybridized carbons (Fsp3) is 0.500. The highest BCUT2D eigenvalue weighted by Crippen LogP contribution is 2.47. The number of ketones is 1. The fourth-order valence-corrected chi connectivity index (χ4v) is 4.02. The lowest BCUT2D eigenvalue weighted by Crippen LogP contribution is -2.18. The monoisotopic (exact) mass is 398 g/mol. The van der Waals surface area contributed by atoms with Gasteiger partial charge in [0.15, 0.2) is 5.78 Å². The van der Waals surface area contributed by atoms with E-state index in [-0.39, 0.29) is 24.2 Å². The van der Waals surface area contributed by atoms with E-state index in [0.29, 0.717) is 23.8 Å². The topological polar surface area (TPSA) is 70.7 Å². The first-order valence-corrected chi connectivity index (χ1v) is 9.95. The third-order valence-corrected chi connectivity index (χ3v) is 5.61. The number of rotatable bonds is 6. The molecule has 28 heavy (non-hydrogen) atoms. The van der Waals surface area contributed by atoms with Crippen molar-refractivity contribution in [2.45, 2.75) is 51.5 Å². The molecule has 0 amide bonds. The van der Waals surface area contributed by atoms with Gasteiger partial charge in [-0.05, 0) is 70.2 Å². The molecule has 1 saturated heterocycles. The van der Waals surface area contributed by atoms with Crippen LogP contribution in [-0.2, 0) is 0 Å². The molecule has 4 rings (SSSR count). The average Bonchev–Trinajstić information content (AvgIpc) is 3.22. The highest BCUT2D eigenvalue weighted by atomic mass is 35.5. The second-order valence-electron chi connectivity index (χ2n) is 8.10. The Balaban J connectivity index is 0.00000225. The Morgan fingerprint density at radius 3 is 2.54 bits per heavy atom. The van der Waals surface area contributed by atoms with E-state index >= 15 is 0 Å². The van der Waals surface area contributed by atoms with Crippen LogP contribution in [0.2, 0.25) is 0 Å². The Kier molecular flexibility index (Phi) is 6.22. The predicted molar refractivity (Wildman–Crippen MR) is 112 cm³/mol. The molecule has 148 valence electrons. The molecule has 6 heteroatoms. The van der Waals surface area contributed by atoms with Gasteiger partial charge < -0.3 is 5.32 Å². The number of hydrogen-bond acceptors (Lipinski definition) is 4. The van der Waals surface area contributed by atoms with Crippen molar-refractivity contribution in [3.63, 3.8) is 0 Å². The van der Waals surface area contributed by atoms with Crippen molar-refractivity contribution in [1.29, 1.82) is 5.26 Å². The largest absolute Gasteiger partial charge is 0.316 e. The van der Waals surface area contributed by atoms with E-state index in [4.69, 9.17) is 10.4 Å². The van der Waals surface area contributed by atoms with E-state index in [0.717, 1.165) is 54.9 Å². The highest BCUT2D eigenvalue weighted by molar-refractivity contribution is 5.98. The minimum Gasteiger partial charge on any atom is -0.316 e. The van der Waals surface area contributed by atoms with Crippen molar-refractivity contribution in [2.24, 2.45) is 5.92 Å². The summed E-state index contributed by atoms with van der Waals surface area (Å²) in [7, 11) is 0. The Labute approximate surface area is 172 Å². The van der Waals surface area contributed by atoms with Crippen LogP contribution in [0.25, 0.3) is 11.3 Å². The van der Waals surface area contributed by atoms with Gasteiger partial charge in [-0.2, -0.15) is 10.4 Å². The molecule has 5 nitrogen and oxygen atoms in total. The third kappa shape index (κ3) is 3.99. The van der Waals surface area contributed by atoms with Crippen LogP contribution >= 0.6 is 12.4 Å². The zero-order chi connectivity index (χ0) is 19.0. The van der Waals surface area contributed by atoms with Gasteiger partial charge in [0.1, 0.15) is 5.69 Å². The first kappa shape index (κ1) is 20.6. The Bertz CT molecular complexity index is 884. The lowest BCUT2D eigenvalue weighted by Gasteiger charge is -2.13. The zero-order valence-corrected chi connectivity index (χ0v) is 17.3. The van der Waals surface area contributed by atoms with E-state index in [1.807, 2.05) is 28.9 Å².